The van der Waals surface area contributed by atoms with Gasteiger partial charge in [0.05, 0.1) is 13.2 Å². The van der Waals surface area contributed by atoms with E-state index < -0.39 is 0 Å². The highest BCUT2D eigenvalue weighted by Crippen LogP contribution is 2.08. The number of hydrogen-bond acceptors (Lipinski definition) is 4. The summed E-state index contributed by atoms with van der Waals surface area (Å²) in [5, 5.41) is 8.23. The van der Waals surface area contributed by atoms with Crippen LogP contribution in [-0.4, -0.2) is 86.1 Å². The summed E-state index contributed by atoms with van der Waals surface area (Å²) in [6.07, 6.45) is 4.31. The van der Waals surface area contributed by atoms with Crippen molar-refractivity contribution in [3.05, 3.63) is 11.6 Å². The molecular formula is C17H32N4O. The zero-order valence-corrected chi connectivity index (χ0v) is 14.3. The summed E-state index contributed by atoms with van der Waals surface area (Å²) < 4.78 is 5.39. The Balaban J connectivity index is 1.66. The third-order valence-electron chi connectivity index (χ3n) is 4.58. The molecule has 2 heterocycles. The van der Waals surface area contributed by atoms with E-state index in [9.17, 15) is 0 Å². The summed E-state index contributed by atoms with van der Waals surface area (Å²) in [6.45, 7) is 14.7. The average molecular weight is 308 g/mol. The first-order valence-electron chi connectivity index (χ1n) is 8.72. The summed E-state index contributed by atoms with van der Waals surface area (Å²) >= 11 is 0. The van der Waals surface area contributed by atoms with E-state index in [1.54, 1.807) is 0 Å². The normalized spacial score (nSPS) is 22.1. The second kappa shape index (κ2) is 9.28. The monoisotopic (exact) mass is 308 g/mol. The van der Waals surface area contributed by atoms with Gasteiger partial charge in [0.15, 0.2) is 0 Å². The van der Waals surface area contributed by atoms with Crippen molar-refractivity contribution in [1.29, 1.82) is 5.41 Å². The van der Waals surface area contributed by atoms with Crippen molar-refractivity contribution in [1.82, 2.24) is 14.7 Å². The highest BCUT2D eigenvalue weighted by Gasteiger charge is 2.19. The smallest absolute Gasteiger partial charge is 0.120 e. The molecule has 5 nitrogen and oxygen atoms in total. The average Bonchev–Trinajstić information content (AvgIpc) is 2.54. The van der Waals surface area contributed by atoms with Crippen LogP contribution in [0.3, 0.4) is 0 Å². The summed E-state index contributed by atoms with van der Waals surface area (Å²) in [5.74, 6) is 0.693. The Morgan fingerprint density at radius 1 is 1.00 bits per heavy atom. The lowest BCUT2D eigenvalue weighted by Crippen LogP contribution is -2.50. The van der Waals surface area contributed by atoms with E-state index in [2.05, 4.69) is 28.5 Å². The number of allylic oxidation sites excluding steroid dienone is 1. The van der Waals surface area contributed by atoms with Gasteiger partial charge in [-0.1, -0.05) is 18.9 Å². The van der Waals surface area contributed by atoms with E-state index >= 15 is 0 Å². The molecule has 2 fully saturated rings. The molecule has 0 amide bonds. The number of nitrogens with zero attached hydrogens (tertiary/aromatic N) is 3. The van der Waals surface area contributed by atoms with E-state index in [0.29, 0.717) is 5.84 Å². The third kappa shape index (κ3) is 5.71. The second-order valence-electron chi connectivity index (χ2n) is 6.41. The quantitative estimate of drug-likeness (QED) is 0.599. The minimum absolute atomic E-state index is 0.693. The predicted molar refractivity (Wildman–Crippen MR) is 91.7 cm³/mol. The summed E-state index contributed by atoms with van der Waals surface area (Å²) in [6, 6.07) is 0. The van der Waals surface area contributed by atoms with Gasteiger partial charge >= 0.3 is 0 Å². The molecule has 5 heteroatoms. The fourth-order valence-electron chi connectivity index (χ4n) is 3.11. The van der Waals surface area contributed by atoms with Crippen LogP contribution in [0.4, 0.5) is 0 Å². The molecule has 0 aliphatic carbocycles. The standard InChI is InChI=1S/C17H32N4O/c1-3-4-16(2)15-17(18)21-9-7-19(8-10-21)5-6-20-11-13-22-14-12-20/h15,18H,3-14H2,1-2H3/b16-15-,18-17?. The second-order valence-corrected chi connectivity index (χ2v) is 6.41. The molecule has 0 aromatic heterocycles. The molecule has 2 aliphatic heterocycles. The third-order valence-corrected chi connectivity index (χ3v) is 4.58. The van der Waals surface area contributed by atoms with Gasteiger partial charge in [0.2, 0.25) is 0 Å². The van der Waals surface area contributed by atoms with Crippen LogP contribution in [0.5, 0.6) is 0 Å². The predicted octanol–water partition coefficient (Wildman–Crippen LogP) is 1.66. The Labute approximate surface area is 135 Å². The molecule has 2 aliphatic rings. The lowest BCUT2D eigenvalue weighted by Gasteiger charge is -2.37. The van der Waals surface area contributed by atoms with Crippen LogP contribution in [0.25, 0.3) is 0 Å². The number of amidine groups is 1. The molecule has 22 heavy (non-hydrogen) atoms. The van der Waals surface area contributed by atoms with Gasteiger partial charge in [0.25, 0.3) is 0 Å². The van der Waals surface area contributed by atoms with E-state index in [4.69, 9.17) is 10.1 Å². The number of ether oxygens (including phenoxy) is 1. The van der Waals surface area contributed by atoms with Gasteiger partial charge in [-0.05, 0) is 19.4 Å². The molecule has 0 aromatic carbocycles. The highest BCUT2D eigenvalue weighted by molar-refractivity contribution is 5.90. The Kier molecular flexibility index (Phi) is 7.36. The van der Waals surface area contributed by atoms with Crippen LogP contribution in [0, 0.1) is 5.41 Å². The van der Waals surface area contributed by atoms with Crippen molar-refractivity contribution < 1.29 is 4.74 Å². The number of morpholine rings is 1. The maximum absolute atomic E-state index is 8.23. The number of rotatable bonds is 6. The van der Waals surface area contributed by atoms with Crippen molar-refractivity contribution >= 4 is 5.84 Å². The zero-order chi connectivity index (χ0) is 15.8. The number of hydrogen-bond donors (Lipinski definition) is 1. The molecule has 0 radical (unpaired) electrons. The van der Waals surface area contributed by atoms with Crippen LogP contribution in [0.2, 0.25) is 0 Å². The topological polar surface area (TPSA) is 42.8 Å². The summed E-state index contributed by atoms with van der Waals surface area (Å²) in [7, 11) is 0. The molecule has 2 saturated heterocycles. The van der Waals surface area contributed by atoms with E-state index in [0.717, 1.165) is 78.4 Å². The van der Waals surface area contributed by atoms with Crippen molar-refractivity contribution in [3.8, 4) is 0 Å². The van der Waals surface area contributed by atoms with Crippen LogP contribution in [0.1, 0.15) is 26.7 Å². The molecular weight excluding hydrogens is 276 g/mol. The summed E-state index contributed by atoms with van der Waals surface area (Å²) in [5.41, 5.74) is 1.32. The SMILES string of the molecule is CCC/C(C)=C\C(=N)N1CCN(CCN2CCOCC2)CC1. The molecule has 0 saturated carbocycles. The van der Waals surface area contributed by atoms with Crippen LogP contribution >= 0.6 is 0 Å². The molecule has 2 rings (SSSR count). The first-order chi connectivity index (χ1) is 10.7. The molecule has 0 spiro atoms. The molecule has 126 valence electrons. The van der Waals surface area contributed by atoms with E-state index in [-0.39, 0.29) is 0 Å². The van der Waals surface area contributed by atoms with Gasteiger partial charge in [0.1, 0.15) is 5.84 Å². The van der Waals surface area contributed by atoms with Gasteiger partial charge in [-0.15, -0.1) is 0 Å². The molecule has 0 unspecified atom stereocenters. The summed E-state index contributed by atoms with van der Waals surface area (Å²) in [4.78, 5) is 7.24. The number of piperazine rings is 1. The Morgan fingerprint density at radius 3 is 2.18 bits per heavy atom. The van der Waals surface area contributed by atoms with Crippen molar-refractivity contribution in [2.24, 2.45) is 0 Å². The van der Waals surface area contributed by atoms with Crippen molar-refractivity contribution in [2.75, 3.05) is 65.6 Å². The molecule has 0 atom stereocenters. The Morgan fingerprint density at radius 2 is 1.59 bits per heavy atom. The fraction of sp³-hybridized carbons (Fsp3) is 0.824. The Bertz CT molecular complexity index is 369. The zero-order valence-electron chi connectivity index (χ0n) is 14.3. The van der Waals surface area contributed by atoms with Crippen LogP contribution in [-0.2, 0) is 4.74 Å². The molecule has 1 N–H and O–H groups in total. The van der Waals surface area contributed by atoms with Gasteiger partial charge < -0.3 is 9.64 Å². The highest BCUT2D eigenvalue weighted by atomic mass is 16.5. The molecule has 0 bridgehead atoms. The van der Waals surface area contributed by atoms with Crippen molar-refractivity contribution in [3.63, 3.8) is 0 Å². The van der Waals surface area contributed by atoms with Crippen LogP contribution < -0.4 is 0 Å². The minimum Gasteiger partial charge on any atom is -0.379 e. The van der Waals surface area contributed by atoms with Crippen LogP contribution in [0.15, 0.2) is 11.6 Å². The molecule has 0 aromatic rings. The first-order valence-corrected chi connectivity index (χ1v) is 8.72. The van der Waals surface area contributed by atoms with Crippen molar-refractivity contribution in [2.45, 2.75) is 26.7 Å². The minimum atomic E-state index is 0.693. The largest absolute Gasteiger partial charge is 0.379 e. The fourth-order valence-corrected chi connectivity index (χ4v) is 3.11. The van der Waals surface area contributed by atoms with E-state index in [1.165, 1.54) is 5.57 Å². The van der Waals surface area contributed by atoms with Gasteiger partial charge in [-0.25, -0.2) is 0 Å². The maximum atomic E-state index is 8.23. The number of nitrogens with one attached hydrogen (secondary N) is 1. The lowest BCUT2D eigenvalue weighted by molar-refractivity contribution is 0.0315. The first kappa shape index (κ1) is 17.4. The Hall–Kier alpha value is -0.910. The maximum Gasteiger partial charge on any atom is 0.120 e. The lowest BCUT2D eigenvalue weighted by atomic mass is 10.1. The van der Waals surface area contributed by atoms with E-state index in [1.807, 2.05) is 6.08 Å². The van der Waals surface area contributed by atoms with Gasteiger partial charge in [-0.2, -0.15) is 0 Å². The van der Waals surface area contributed by atoms with Gasteiger partial charge in [0, 0.05) is 52.4 Å². The van der Waals surface area contributed by atoms with Gasteiger partial charge in [-0.3, -0.25) is 15.2 Å².